The van der Waals surface area contributed by atoms with E-state index < -0.39 is 15.9 Å². The van der Waals surface area contributed by atoms with Crippen LogP contribution in [-0.4, -0.2) is 20.9 Å². The fraction of sp³-hybridized carbons (Fsp3) is 0.133. The Kier molecular flexibility index (Phi) is 5.18. The summed E-state index contributed by atoms with van der Waals surface area (Å²) in [5.41, 5.74) is 0.702. The van der Waals surface area contributed by atoms with Gasteiger partial charge in [0.05, 0.1) is 15.6 Å². The van der Waals surface area contributed by atoms with Gasteiger partial charge in [0.2, 0.25) is 10.0 Å². The molecule has 2 rings (SSSR count). The number of rotatable bonds is 5. The van der Waals surface area contributed by atoms with E-state index in [4.69, 9.17) is 11.6 Å². The maximum absolute atomic E-state index is 12.2. The number of hydrogen-bond acceptors (Lipinski definition) is 3. The van der Waals surface area contributed by atoms with E-state index in [1.165, 1.54) is 24.3 Å². The number of anilines is 1. The average molecular weight is 339 g/mol. The lowest BCUT2D eigenvalue weighted by atomic mass is 10.2. The van der Waals surface area contributed by atoms with Crippen LogP contribution in [0.5, 0.6) is 0 Å². The molecule has 0 aliphatic heterocycles. The Morgan fingerprint density at radius 2 is 1.86 bits per heavy atom. The molecule has 0 aromatic heterocycles. The molecule has 2 N–H and O–H groups in total. The zero-order chi connectivity index (χ0) is 16.2. The van der Waals surface area contributed by atoms with Crippen LogP contribution in [0.15, 0.2) is 53.4 Å². The first-order valence-electron chi connectivity index (χ1n) is 6.59. The van der Waals surface area contributed by atoms with Crippen LogP contribution >= 0.6 is 11.6 Å². The quantitative estimate of drug-likeness (QED) is 0.880. The molecule has 2 aromatic rings. The van der Waals surface area contributed by atoms with E-state index in [2.05, 4.69) is 10.0 Å². The molecule has 0 heterocycles. The molecule has 1 amide bonds. The molecule has 2 aromatic carbocycles. The second-order valence-electron chi connectivity index (χ2n) is 4.46. The number of hydrogen-bond donors (Lipinski definition) is 2. The van der Waals surface area contributed by atoms with Gasteiger partial charge < -0.3 is 5.32 Å². The largest absolute Gasteiger partial charge is 0.321 e. The summed E-state index contributed by atoms with van der Waals surface area (Å²) in [5.74, 6) is -0.429. The number of nitrogens with one attached hydrogen (secondary N) is 2. The number of halogens is 1. The molecule has 5 nitrogen and oxygen atoms in total. The van der Waals surface area contributed by atoms with Crippen LogP contribution in [0, 0.1) is 0 Å². The maximum atomic E-state index is 12.2. The average Bonchev–Trinajstić information content (AvgIpc) is 2.49. The molecule has 0 unspecified atom stereocenters. The van der Waals surface area contributed by atoms with Crippen molar-refractivity contribution in [2.24, 2.45) is 0 Å². The highest BCUT2D eigenvalue weighted by atomic mass is 35.5. The van der Waals surface area contributed by atoms with E-state index in [9.17, 15) is 13.2 Å². The molecule has 22 heavy (non-hydrogen) atoms. The maximum Gasteiger partial charge on any atom is 0.255 e. The third-order valence-electron chi connectivity index (χ3n) is 2.86. The third-order valence-corrected chi connectivity index (χ3v) is 4.74. The molecular weight excluding hydrogens is 324 g/mol. The van der Waals surface area contributed by atoms with Gasteiger partial charge in [-0.2, -0.15) is 0 Å². The highest BCUT2D eigenvalue weighted by molar-refractivity contribution is 7.89. The Bertz CT molecular complexity index is 791. The second kappa shape index (κ2) is 6.91. The van der Waals surface area contributed by atoms with Crippen molar-refractivity contribution < 1.29 is 13.2 Å². The zero-order valence-electron chi connectivity index (χ0n) is 11.8. The number of amides is 1. The van der Waals surface area contributed by atoms with Crippen molar-refractivity contribution in [2.45, 2.75) is 11.8 Å². The molecule has 0 saturated carbocycles. The van der Waals surface area contributed by atoms with Crippen molar-refractivity contribution in [3.8, 4) is 0 Å². The summed E-state index contributed by atoms with van der Waals surface area (Å²) < 4.78 is 26.3. The molecule has 0 saturated heterocycles. The third kappa shape index (κ3) is 3.85. The van der Waals surface area contributed by atoms with E-state index in [-0.39, 0.29) is 17.0 Å². The van der Waals surface area contributed by atoms with Crippen LogP contribution in [0.4, 0.5) is 5.69 Å². The predicted octanol–water partition coefficient (Wildman–Crippen LogP) is 2.89. The van der Waals surface area contributed by atoms with Gasteiger partial charge in [-0.15, -0.1) is 0 Å². The number of para-hydroxylation sites is 1. The van der Waals surface area contributed by atoms with Gasteiger partial charge in [-0.25, -0.2) is 13.1 Å². The molecule has 0 spiro atoms. The molecule has 0 fully saturated rings. The van der Waals surface area contributed by atoms with E-state index in [1.54, 1.807) is 31.2 Å². The van der Waals surface area contributed by atoms with Crippen LogP contribution in [0.3, 0.4) is 0 Å². The minimum atomic E-state index is -3.60. The van der Waals surface area contributed by atoms with Gasteiger partial charge in [0, 0.05) is 12.1 Å². The molecule has 0 aliphatic rings. The van der Waals surface area contributed by atoms with Crippen molar-refractivity contribution in [2.75, 3.05) is 11.9 Å². The molecule has 0 bridgehead atoms. The molecule has 0 atom stereocenters. The van der Waals surface area contributed by atoms with Gasteiger partial charge in [-0.1, -0.05) is 36.7 Å². The van der Waals surface area contributed by atoms with E-state index in [0.717, 1.165) is 0 Å². The Balaban J connectivity index is 2.26. The summed E-state index contributed by atoms with van der Waals surface area (Å²) in [5, 5.41) is 3.06. The SMILES string of the molecule is CCNS(=O)(=O)c1cccc(C(=O)Nc2ccccc2Cl)c1. The van der Waals surface area contributed by atoms with Gasteiger partial charge in [-0.05, 0) is 30.3 Å². The van der Waals surface area contributed by atoms with Crippen LogP contribution in [0.1, 0.15) is 17.3 Å². The Labute approximate surface area is 134 Å². The standard InChI is InChI=1S/C15H15ClN2O3S/c1-2-17-22(20,21)12-7-5-6-11(10-12)15(19)18-14-9-4-3-8-13(14)16/h3-10,17H,2H2,1H3,(H,18,19). The number of carbonyl (C=O) groups is 1. The lowest BCUT2D eigenvalue weighted by Gasteiger charge is -2.09. The van der Waals surface area contributed by atoms with Gasteiger partial charge in [0.15, 0.2) is 0 Å². The topological polar surface area (TPSA) is 75.3 Å². The second-order valence-corrected chi connectivity index (χ2v) is 6.64. The molecule has 0 radical (unpaired) electrons. The van der Waals surface area contributed by atoms with Crippen LogP contribution in [0.2, 0.25) is 5.02 Å². The number of carbonyl (C=O) groups excluding carboxylic acids is 1. The Morgan fingerprint density at radius 3 is 2.55 bits per heavy atom. The first-order chi connectivity index (χ1) is 10.4. The van der Waals surface area contributed by atoms with Crippen molar-refractivity contribution in [1.82, 2.24) is 4.72 Å². The lowest BCUT2D eigenvalue weighted by Crippen LogP contribution is -2.23. The smallest absolute Gasteiger partial charge is 0.255 e. The fourth-order valence-corrected chi connectivity index (χ4v) is 3.10. The summed E-state index contributed by atoms with van der Waals surface area (Å²) in [4.78, 5) is 12.3. The van der Waals surface area contributed by atoms with E-state index >= 15 is 0 Å². The van der Waals surface area contributed by atoms with Crippen molar-refractivity contribution in [3.63, 3.8) is 0 Å². The molecular formula is C15H15ClN2O3S. The van der Waals surface area contributed by atoms with Gasteiger partial charge in [0.25, 0.3) is 5.91 Å². The van der Waals surface area contributed by atoms with Gasteiger partial charge in [-0.3, -0.25) is 4.79 Å². The monoisotopic (exact) mass is 338 g/mol. The van der Waals surface area contributed by atoms with E-state index in [1.807, 2.05) is 0 Å². The van der Waals surface area contributed by atoms with Crippen molar-refractivity contribution in [3.05, 3.63) is 59.1 Å². The first kappa shape index (κ1) is 16.5. The van der Waals surface area contributed by atoms with Crippen LogP contribution in [-0.2, 0) is 10.0 Å². The van der Waals surface area contributed by atoms with Crippen LogP contribution < -0.4 is 10.0 Å². The minimum absolute atomic E-state index is 0.0427. The van der Waals surface area contributed by atoms with E-state index in [0.29, 0.717) is 10.7 Å². The highest BCUT2D eigenvalue weighted by Crippen LogP contribution is 2.21. The van der Waals surface area contributed by atoms with Crippen molar-refractivity contribution >= 4 is 33.2 Å². The molecule has 116 valence electrons. The first-order valence-corrected chi connectivity index (χ1v) is 8.46. The number of sulfonamides is 1. The minimum Gasteiger partial charge on any atom is -0.321 e. The zero-order valence-corrected chi connectivity index (χ0v) is 13.4. The summed E-state index contributed by atoms with van der Waals surface area (Å²) in [6, 6.07) is 12.6. The fourth-order valence-electron chi connectivity index (χ4n) is 1.83. The normalized spacial score (nSPS) is 11.2. The lowest BCUT2D eigenvalue weighted by molar-refractivity contribution is 0.102. The highest BCUT2D eigenvalue weighted by Gasteiger charge is 2.15. The number of benzene rings is 2. The van der Waals surface area contributed by atoms with Gasteiger partial charge >= 0.3 is 0 Å². The van der Waals surface area contributed by atoms with Crippen LogP contribution in [0.25, 0.3) is 0 Å². The summed E-state index contributed by atoms with van der Waals surface area (Å²) >= 11 is 5.98. The molecule has 0 aliphatic carbocycles. The van der Waals surface area contributed by atoms with Gasteiger partial charge in [0.1, 0.15) is 0 Å². The van der Waals surface area contributed by atoms with Crippen molar-refractivity contribution in [1.29, 1.82) is 0 Å². The Morgan fingerprint density at radius 1 is 1.14 bits per heavy atom. The Hall–Kier alpha value is -1.89. The predicted molar refractivity (Wildman–Crippen MR) is 86.7 cm³/mol. The molecule has 7 heteroatoms. The summed E-state index contributed by atoms with van der Waals surface area (Å²) in [7, 11) is -3.60. The summed E-state index contributed by atoms with van der Waals surface area (Å²) in [6.07, 6.45) is 0. The summed E-state index contributed by atoms with van der Waals surface area (Å²) in [6.45, 7) is 1.96.